The molecule has 3 aromatic rings. The summed E-state index contributed by atoms with van der Waals surface area (Å²) in [4.78, 5) is 41.5. The molecular weight excluding hydrogens is 386 g/mol. The van der Waals surface area contributed by atoms with Gasteiger partial charge in [0.15, 0.2) is 0 Å². The highest BCUT2D eigenvalue weighted by molar-refractivity contribution is 5.94. The summed E-state index contributed by atoms with van der Waals surface area (Å²) >= 11 is 0. The van der Waals surface area contributed by atoms with Crippen molar-refractivity contribution in [2.24, 2.45) is 0 Å². The van der Waals surface area contributed by atoms with E-state index < -0.39 is 0 Å². The topological polar surface area (TPSA) is 112 Å². The van der Waals surface area contributed by atoms with Crippen molar-refractivity contribution in [3.8, 4) is 5.69 Å². The summed E-state index contributed by atoms with van der Waals surface area (Å²) in [6, 6.07) is 8.40. The molecule has 30 heavy (non-hydrogen) atoms. The molecule has 1 aromatic carbocycles. The van der Waals surface area contributed by atoms with E-state index in [-0.39, 0.29) is 23.7 Å². The molecule has 1 saturated heterocycles. The molecule has 3 heterocycles. The van der Waals surface area contributed by atoms with Crippen LogP contribution in [0.5, 0.6) is 0 Å². The Bertz CT molecular complexity index is 1090. The van der Waals surface area contributed by atoms with Gasteiger partial charge in [-0.15, -0.1) is 0 Å². The van der Waals surface area contributed by atoms with Gasteiger partial charge in [-0.1, -0.05) is 12.1 Å². The third-order valence-electron chi connectivity index (χ3n) is 5.24. The van der Waals surface area contributed by atoms with Crippen LogP contribution in [0, 0.1) is 6.92 Å². The van der Waals surface area contributed by atoms with Crippen molar-refractivity contribution in [2.75, 3.05) is 18.4 Å². The van der Waals surface area contributed by atoms with Gasteiger partial charge in [0.25, 0.3) is 5.91 Å². The Labute approximate surface area is 172 Å². The molecule has 4 rings (SSSR count). The van der Waals surface area contributed by atoms with Crippen LogP contribution in [-0.4, -0.2) is 45.5 Å². The maximum atomic E-state index is 12.6. The summed E-state index contributed by atoms with van der Waals surface area (Å²) in [6.07, 6.45) is 5.86. The van der Waals surface area contributed by atoms with Crippen LogP contribution in [0.2, 0.25) is 0 Å². The van der Waals surface area contributed by atoms with Crippen molar-refractivity contribution in [1.82, 2.24) is 19.8 Å². The van der Waals surface area contributed by atoms with Crippen molar-refractivity contribution in [2.45, 2.75) is 25.8 Å². The summed E-state index contributed by atoms with van der Waals surface area (Å²) < 4.78 is 6.48. The fourth-order valence-electron chi connectivity index (χ4n) is 3.67. The number of carbonyl (C=O) groups excluding carboxylic acids is 2. The maximum absolute atomic E-state index is 12.6. The Balaban J connectivity index is 1.36. The first-order chi connectivity index (χ1) is 14.5. The Kier molecular flexibility index (Phi) is 5.42. The van der Waals surface area contributed by atoms with Gasteiger partial charge < -0.3 is 24.9 Å². The zero-order chi connectivity index (χ0) is 21.1. The number of para-hydroxylation sites is 2. The first-order valence-corrected chi connectivity index (χ1v) is 9.78. The van der Waals surface area contributed by atoms with Crippen LogP contribution in [-0.2, 0) is 0 Å². The number of aryl methyl sites for hydroxylation is 1. The van der Waals surface area contributed by atoms with Gasteiger partial charge in [-0.2, -0.15) is 0 Å². The number of imidazole rings is 1. The number of hydrogen-bond acceptors (Lipinski definition) is 4. The smallest absolute Gasteiger partial charge is 0.330 e. The average molecular weight is 409 g/mol. The second-order valence-electron chi connectivity index (χ2n) is 7.26. The van der Waals surface area contributed by atoms with Gasteiger partial charge in [-0.05, 0) is 38.0 Å². The van der Waals surface area contributed by atoms with E-state index in [9.17, 15) is 14.4 Å². The lowest BCUT2D eigenvalue weighted by Gasteiger charge is -2.32. The Morgan fingerprint density at radius 1 is 1.17 bits per heavy atom. The number of H-pyrrole nitrogens is 1. The summed E-state index contributed by atoms with van der Waals surface area (Å²) in [5, 5.41) is 5.80. The summed E-state index contributed by atoms with van der Waals surface area (Å²) in [6.45, 7) is 2.93. The Morgan fingerprint density at radius 3 is 2.60 bits per heavy atom. The standard InChI is InChI=1S/C21H23N5O4/c1-14-12-22-21(29)26(14)18-5-3-2-4-17(18)24-20(28)23-16-6-9-25(10-7-16)19(27)15-8-11-30-13-15/h2-5,8,11-13,16H,6-7,9-10H2,1H3,(H,22,29)(H2,23,24,28). The average Bonchev–Trinajstić information content (AvgIpc) is 3.39. The minimum Gasteiger partial charge on any atom is -0.472 e. The van der Waals surface area contributed by atoms with Gasteiger partial charge in [0.05, 0.1) is 23.2 Å². The molecule has 0 unspecified atom stereocenters. The number of benzene rings is 1. The fourth-order valence-corrected chi connectivity index (χ4v) is 3.67. The molecule has 0 radical (unpaired) electrons. The third-order valence-corrected chi connectivity index (χ3v) is 5.24. The molecule has 0 atom stereocenters. The third kappa shape index (κ3) is 4.00. The van der Waals surface area contributed by atoms with Crippen LogP contribution in [0.1, 0.15) is 28.9 Å². The number of nitrogens with zero attached hydrogens (tertiary/aromatic N) is 2. The number of piperidine rings is 1. The van der Waals surface area contributed by atoms with E-state index in [1.165, 1.54) is 17.1 Å². The lowest BCUT2D eigenvalue weighted by Crippen LogP contribution is -2.47. The van der Waals surface area contributed by atoms with Crippen LogP contribution in [0.4, 0.5) is 10.5 Å². The number of furan rings is 1. The predicted octanol–water partition coefficient (Wildman–Crippen LogP) is 2.49. The molecule has 3 N–H and O–H groups in total. The Hall–Kier alpha value is -3.75. The van der Waals surface area contributed by atoms with Crippen molar-refractivity contribution in [1.29, 1.82) is 0 Å². The molecule has 1 aliphatic rings. The number of likely N-dealkylation sites (tertiary alicyclic amines) is 1. The molecule has 9 heteroatoms. The highest BCUT2D eigenvalue weighted by atomic mass is 16.3. The van der Waals surface area contributed by atoms with Gasteiger partial charge in [-0.3, -0.25) is 9.36 Å². The first kappa shape index (κ1) is 19.6. The second-order valence-corrected chi connectivity index (χ2v) is 7.26. The lowest BCUT2D eigenvalue weighted by atomic mass is 10.0. The minimum absolute atomic E-state index is 0.0396. The highest BCUT2D eigenvalue weighted by Crippen LogP contribution is 2.20. The summed E-state index contributed by atoms with van der Waals surface area (Å²) in [5.74, 6) is -0.0621. The molecule has 9 nitrogen and oxygen atoms in total. The number of anilines is 1. The van der Waals surface area contributed by atoms with Crippen LogP contribution in [0.25, 0.3) is 5.69 Å². The molecule has 156 valence electrons. The number of nitrogens with one attached hydrogen (secondary N) is 3. The van der Waals surface area contributed by atoms with E-state index in [2.05, 4.69) is 15.6 Å². The van der Waals surface area contributed by atoms with E-state index in [0.29, 0.717) is 42.9 Å². The predicted molar refractivity (Wildman–Crippen MR) is 111 cm³/mol. The van der Waals surface area contributed by atoms with Gasteiger partial charge in [0, 0.05) is 31.0 Å². The molecule has 0 aliphatic carbocycles. The van der Waals surface area contributed by atoms with E-state index in [0.717, 1.165) is 5.69 Å². The highest BCUT2D eigenvalue weighted by Gasteiger charge is 2.25. The van der Waals surface area contributed by atoms with Crippen molar-refractivity contribution < 1.29 is 14.0 Å². The number of aromatic nitrogens is 2. The zero-order valence-corrected chi connectivity index (χ0v) is 16.6. The zero-order valence-electron chi connectivity index (χ0n) is 16.6. The van der Waals surface area contributed by atoms with Crippen LogP contribution in [0.15, 0.2) is 58.3 Å². The van der Waals surface area contributed by atoms with Crippen molar-refractivity contribution >= 4 is 17.6 Å². The van der Waals surface area contributed by atoms with Gasteiger partial charge >= 0.3 is 11.7 Å². The van der Waals surface area contributed by atoms with Crippen LogP contribution in [0.3, 0.4) is 0 Å². The largest absolute Gasteiger partial charge is 0.472 e. The number of carbonyl (C=O) groups is 2. The van der Waals surface area contributed by atoms with Crippen molar-refractivity contribution in [3.05, 3.63) is 70.8 Å². The minimum atomic E-state index is -0.344. The SMILES string of the molecule is Cc1c[nH]c(=O)n1-c1ccccc1NC(=O)NC1CCN(C(=O)c2ccoc2)CC1. The molecule has 1 fully saturated rings. The number of amides is 3. The van der Waals surface area contributed by atoms with Crippen molar-refractivity contribution in [3.63, 3.8) is 0 Å². The van der Waals surface area contributed by atoms with E-state index in [1.807, 2.05) is 13.0 Å². The molecule has 3 amide bonds. The van der Waals surface area contributed by atoms with E-state index >= 15 is 0 Å². The quantitative estimate of drug-likeness (QED) is 0.614. The van der Waals surface area contributed by atoms with E-state index in [1.54, 1.807) is 35.4 Å². The molecule has 0 spiro atoms. The molecule has 0 bridgehead atoms. The van der Waals surface area contributed by atoms with E-state index in [4.69, 9.17) is 4.42 Å². The van der Waals surface area contributed by atoms with Crippen LogP contribution < -0.4 is 16.3 Å². The van der Waals surface area contributed by atoms with Gasteiger partial charge in [0.2, 0.25) is 0 Å². The number of hydrogen-bond donors (Lipinski definition) is 3. The number of rotatable bonds is 4. The summed E-state index contributed by atoms with van der Waals surface area (Å²) in [7, 11) is 0. The number of aromatic amines is 1. The molecular formula is C21H23N5O4. The normalized spacial score (nSPS) is 14.5. The monoisotopic (exact) mass is 409 g/mol. The first-order valence-electron chi connectivity index (χ1n) is 9.78. The molecule has 0 saturated carbocycles. The van der Waals surface area contributed by atoms with Crippen LogP contribution >= 0.6 is 0 Å². The second kappa shape index (κ2) is 8.32. The maximum Gasteiger partial charge on any atom is 0.330 e. The van der Waals surface area contributed by atoms with Gasteiger partial charge in [-0.25, -0.2) is 9.59 Å². The summed E-state index contributed by atoms with van der Waals surface area (Å²) in [5.41, 5.74) is 2.14. The lowest BCUT2D eigenvalue weighted by molar-refractivity contribution is 0.0708. The molecule has 1 aliphatic heterocycles. The Morgan fingerprint density at radius 2 is 1.93 bits per heavy atom. The number of urea groups is 1. The van der Waals surface area contributed by atoms with Gasteiger partial charge in [0.1, 0.15) is 6.26 Å². The fraction of sp³-hybridized carbons (Fsp3) is 0.286. The molecule has 2 aromatic heterocycles.